The number of carbonyl (C=O) groups is 8. The largest absolute Gasteiger partial charge is 0.452 e. The summed E-state index contributed by atoms with van der Waals surface area (Å²) in [7, 11) is 0. The van der Waals surface area contributed by atoms with Crippen LogP contribution in [0.25, 0.3) is 0 Å². The van der Waals surface area contributed by atoms with E-state index in [-0.39, 0.29) is 78.5 Å². The fourth-order valence-electron chi connectivity index (χ4n) is 14.8. The van der Waals surface area contributed by atoms with E-state index < -0.39 is 197 Å². The highest BCUT2D eigenvalue weighted by Gasteiger charge is 2.61. The lowest BCUT2D eigenvalue weighted by molar-refractivity contribution is -0.387. The Morgan fingerprint density at radius 3 is 0.922 bits per heavy atom. The summed E-state index contributed by atoms with van der Waals surface area (Å²) in [6.07, 6.45) is -38.2. The second-order valence-electron chi connectivity index (χ2n) is 30.6. The number of amides is 1. The SMILES string of the molecule is CCCCOCC1O[C@@H](OCCN(Cc2ccccc2)C(=O)OCc2ccccc2)[C@@H](OC(=O)c2ccccc2)C(OC(=O)c2ccccc2)[C@@H]1O[C@@H]1OC(CO)[C@@H](O)C(O[C@@H]2OC(COCCCC)[C@@H](O[C@@H]3OC(CO)[C@@H](O)C(OC(=O)c4ccccc4)[C@@H]3OC(=O)c3ccccc3)C(OC(=O)c3ccccc3)[C@@H]2OC(=O)c2ccccc2)[C@@H]1OC(=O)c1ccccc1. The Hall–Kier alpha value is -12.0. The van der Waals surface area contributed by atoms with Crippen LogP contribution < -0.4 is 0 Å². The zero-order chi connectivity index (χ0) is 90.4. The van der Waals surface area contributed by atoms with Gasteiger partial charge >= 0.3 is 47.9 Å². The first-order valence-electron chi connectivity index (χ1n) is 42.7. The van der Waals surface area contributed by atoms with E-state index in [1.807, 2.05) is 62.4 Å². The number of ether oxygens (including phenoxy) is 18. The fourth-order valence-corrected chi connectivity index (χ4v) is 14.8. The minimum atomic E-state index is -2.25. The number of carbonyl (C=O) groups excluding carboxylic acids is 8. The first kappa shape index (κ1) is 94.6. The molecule has 0 saturated carbocycles. The summed E-state index contributed by atoms with van der Waals surface area (Å²) in [5.74, 6) is -7.47. The van der Waals surface area contributed by atoms with Crippen LogP contribution in [0.5, 0.6) is 0 Å². The average Bonchev–Trinajstić information content (AvgIpc) is 0.744. The van der Waals surface area contributed by atoms with Crippen LogP contribution in [0.4, 0.5) is 4.79 Å². The van der Waals surface area contributed by atoms with E-state index in [1.54, 1.807) is 103 Å². The van der Waals surface area contributed by atoms with E-state index in [1.165, 1.54) is 126 Å². The molecule has 0 radical (unpaired) electrons. The summed E-state index contributed by atoms with van der Waals surface area (Å²) in [4.78, 5) is 121. The van der Waals surface area contributed by atoms with Crippen LogP contribution in [-0.4, -0.2) is 249 Å². The highest BCUT2D eigenvalue weighted by atomic mass is 16.8. The second-order valence-corrected chi connectivity index (χ2v) is 30.6. The Morgan fingerprint density at radius 1 is 0.310 bits per heavy atom. The summed E-state index contributed by atoms with van der Waals surface area (Å²) in [6.45, 7) is 0.236. The van der Waals surface area contributed by atoms with E-state index >= 15 is 19.2 Å². The molecular weight excluding hydrogens is 1670 g/mol. The van der Waals surface area contributed by atoms with Gasteiger partial charge in [0.2, 0.25) is 0 Å². The molecule has 4 N–H and O–H groups in total. The lowest BCUT2D eigenvalue weighted by Gasteiger charge is -2.51. The van der Waals surface area contributed by atoms with Crippen LogP contribution in [0.3, 0.4) is 0 Å². The average molecular weight is 1770 g/mol. The Balaban J connectivity index is 0.935. The Morgan fingerprint density at radius 2 is 0.581 bits per heavy atom. The maximum absolute atomic E-state index is 15.3. The number of hydrogen-bond acceptors (Lipinski definition) is 30. The van der Waals surface area contributed by atoms with E-state index in [0.29, 0.717) is 31.2 Å². The number of aliphatic hydroxyl groups is 4. The zero-order valence-corrected chi connectivity index (χ0v) is 70.8. The Kier molecular flexibility index (Phi) is 35.1. The van der Waals surface area contributed by atoms with Crippen LogP contribution >= 0.6 is 0 Å². The van der Waals surface area contributed by atoms with Crippen molar-refractivity contribution in [2.24, 2.45) is 0 Å². The first-order valence-corrected chi connectivity index (χ1v) is 42.7. The summed E-state index contributed by atoms with van der Waals surface area (Å²) < 4.78 is 119. The number of aliphatic hydroxyl groups excluding tert-OH is 4. The van der Waals surface area contributed by atoms with Crippen molar-refractivity contribution < 1.29 is 144 Å². The van der Waals surface area contributed by atoms with E-state index in [4.69, 9.17) is 85.3 Å². The van der Waals surface area contributed by atoms with Gasteiger partial charge in [-0.05, 0) is 109 Å². The predicted molar refractivity (Wildman–Crippen MR) is 456 cm³/mol. The van der Waals surface area contributed by atoms with Crippen molar-refractivity contribution in [3.8, 4) is 0 Å². The second kappa shape index (κ2) is 47.9. The molecule has 4 aliphatic heterocycles. The van der Waals surface area contributed by atoms with Crippen LogP contribution in [0, 0.1) is 0 Å². The van der Waals surface area contributed by atoms with E-state index in [2.05, 4.69) is 0 Å². The first-order chi connectivity index (χ1) is 63.0. The quantitative estimate of drug-likeness (QED) is 0.0157. The highest BCUT2D eigenvalue weighted by molar-refractivity contribution is 5.93. The molecule has 0 spiro atoms. The summed E-state index contributed by atoms with van der Waals surface area (Å²) >= 11 is 0. The lowest BCUT2D eigenvalue weighted by Crippen LogP contribution is -2.69. The number of unbranched alkanes of at least 4 members (excludes halogenated alkanes) is 2. The normalized spacial score (nSPS) is 25.4. The number of esters is 7. The van der Waals surface area contributed by atoms with Gasteiger partial charge in [0.05, 0.1) is 72.0 Å². The third kappa shape index (κ3) is 25.5. The molecule has 9 aromatic carbocycles. The topological polar surface area (TPSA) is 387 Å². The molecule has 31 heteroatoms. The minimum Gasteiger partial charge on any atom is -0.452 e. The van der Waals surface area contributed by atoms with Gasteiger partial charge < -0.3 is 111 Å². The Labute approximate surface area is 744 Å². The molecule has 4 saturated heterocycles. The fraction of sp³-hybridized carbons (Fsp3) is 0.367. The van der Waals surface area contributed by atoms with Gasteiger partial charge in [0.25, 0.3) is 0 Å². The maximum Gasteiger partial charge on any atom is 0.410 e. The molecule has 31 nitrogen and oxygen atoms in total. The molecule has 0 aromatic heterocycles. The smallest absolute Gasteiger partial charge is 0.410 e. The van der Waals surface area contributed by atoms with Crippen molar-refractivity contribution in [1.82, 2.24) is 4.90 Å². The molecule has 13 rings (SSSR count). The molecule has 4 fully saturated rings. The summed E-state index contributed by atoms with van der Waals surface area (Å²) in [6, 6.07) is 71.3. The molecule has 4 heterocycles. The van der Waals surface area contributed by atoms with Gasteiger partial charge in [-0.25, -0.2) is 38.4 Å². The molecule has 1 amide bonds. The third-order valence-electron chi connectivity index (χ3n) is 21.6. The molecule has 9 aromatic rings. The van der Waals surface area contributed by atoms with Gasteiger partial charge in [0.1, 0.15) is 61.5 Å². The van der Waals surface area contributed by atoms with Gasteiger partial charge in [0.15, 0.2) is 67.9 Å². The van der Waals surface area contributed by atoms with Crippen molar-refractivity contribution in [2.75, 3.05) is 52.8 Å². The monoisotopic (exact) mass is 1770 g/mol. The number of nitrogens with zero attached hydrogens (tertiary/aromatic N) is 1. The van der Waals surface area contributed by atoms with Gasteiger partial charge in [-0.1, -0.05) is 215 Å². The molecule has 0 bridgehead atoms. The van der Waals surface area contributed by atoms with Crippen LogP contribution in [-0.2, 0) is 98.4 Å². The number of rotatable bonds is 40. The molecule has 20 atom stereocenters. The van der Waals surface area contributed by atoms with Crippen molar-refractivity contribution in [3.63, 3.8) is 0 Å². The molecule has 680 valence electrons. The molecule has 129 heavy (non-hydrogen) atoms. The Bertz CT molecular complexity index is 4980. The van der Waals surface area contributed by atoms with Gasteiger partial charge in [-0.15, -0.1) is 0 Å². The van der Waals surface area contributed by atoms with Crippen molar-refractivity contribution in [3.05, 3.63) is 323 Å². The number of benzene rings is 9. The van der Waals surface area contributed by atoms with Crippen LogP contribution in [0.2, 0.25) is 0 Å². The molecule has 8 unspecified atom stereocenters. The zero-order valence-electron chi connectivity index (χ0n) is 70.8. The predicted octanol–water partition coefficient (Wildman–Crippen LogP) is 10.8. The van der Waals surface area contributed by atoms with E-state index in [0.717, 1.165) is 5.56 Å². The van der Waals surface area contributed by atoms with Crippen molar-refractivity contribution in [2.45, 2.75) is 176 Å². The lowest BCUT2D eigenvalue weighted by atomic mass is 9.94. The third-order valence-corrected chi connectivity index (χ3v) is 21.6. The maximum atomic E-state index is 15.3. The minimum absolute atomic E-state index is 0.00855. The van der Waals surface area contributed by atoms with Crippen molar-refractivity contribution >= 4 is 47.9 Å². The van der Waals surface area contributed by atoms with Gasteiger partial charge in [-0.3, -0.25) is 0 Å². The highest BCUT2D eigenvalue weighted by Crippen LogP contribution is 2.41. The summed E-state index contributed by atoms with van der Waals surface area (Å²) in [5, 5.41) is 48.2. The standard InChI is InChI=1S/C98H103NO30/c1-3-5-53-112-60-73-77(81(121-88(105)65-40-22-10-23-41-65)85(125-92(109)69-48-30-14-31-49-69)94(118-73)114-55-52-99(56-62-34-16-7-17-35-62)98(111)115-59-63-36-18-8-19-37-63)127-96-84(124-91(108)68-46-28-13-29-47-68)80(76(103)72(58-101)117-96)129-97-86(126-93(110)70-50-32-15-33-51-70)82(122-89(106)66-42-24-11-25-43-66)78(74(119-97)61-113-54-6-4-2)128-95-83(123-90(107)67-44-26-12-27-45-67)79(75(102)71(57-100)116-95)120-87(104)64-38-20-9-21-39-64/h7-51,71-86,94-97,100-103H,3-6,52-61H2,1-2H3/t71?,72?,73?,74?,75-,76-,77-,78-,79?,80?,81?,82?,83+,84+,85+,86+,94-,95+,96+,97+/m1/s1. The van der Waals surface area contributed by atoms with Gasteiger partial charge in [0, 0.05) is 26.3 Å². The van der Waals surface area contributed by atoms with Crippen LogP contribution in [0.1, 0.15) is 123 Å². The molecule has 4 aliphatic rings. The summed E-state index contributed by atoms with van der Waals surface area (Å²) in [5.41, 5.74) is 1.09. The van der Waals surface area contributed by atoms with Gasteiger partial charge in [-0.2, -0.15) is 0 Å². The molecule has 0 aliphatic carbocycles. The van der Waals surface area contributed by atoms with Crippen LogP contribution in [0.15, 0.2) is 273 Å². The van der Waals surface area contributed by atoms with Crippen molar-refractivity contribution in [1.29, 1.82) is 0 Å². The number of hydrogen-bond donors (Lipinski definition) is 4. The van der Waals surface area contributed by atoms with E-state index in [9.17, 15) is 39.6 Å². The molecular formula is C98H103NO30.